The number of aryl methyl sites for hydroxylation is 1. The first-order valence-corrected chi connectivity index (χ1v) is 10.9. The van der Waals surface area contributed by atoms with Crippen LogP contribution in [0.15, 0.2) is 73.4 Å². The Balaban J connectivity index is 1.86. The summed E-state index contributed by atoms with van der Waals surface area (Å²) in [6, 6.07) is 17.0. The summed E-state index contributed by atoms with van der Waals surface area (Å²) >= 11 is 2.02. The predicted molar refractivity (Wildman–Crippen MR) is 114 cm³/mol. The van der Waals surface area contributed by atoms with Gasteiger partial charge in [-0.25, -0.2) is 8.42 Å². The summed E-state index contributed by atoms with van der Waals surface area (Å²) in [7, 11) is -3.80. The maximum absolute atomic E-state index is 13.1. The summed E-state index contributed by atoms with van der Waals surface area (Å²) in [5.74, 6) is 0.287. The first-order valence-electron chi connectivity index (χ1n) is 8.27. The van der Waals surface area contributed by atoms with E-state index in [4.69, 9.17) is 4.74 Å². The van der Waals surface area contributed by atoms with Gasteiger partial charge >= 0.3 is 0 Å². The normalized spacial score (nSPS) is 12.5. The van der Waals surface area contributed by atoms with Gasteiger partial charge in [0.2, 0.25) is 5.88 Å². The highest BCUT2D eigenvalue weighted by atomic mass is 127. The van der Waals surface area contributed by atoms with Gasteiger partial charge in [0.1, 0.15) is 11.9 Å². The lowest BCUT2D eigenvalue weighted by Crippen LogP contribution is -2.20. The number of nitrogens with zero attached hydrogens (tertiary/aromatic N) is 2. The zero-order valence-corrected chi connectivity index (χ0v) is 17.7. The molecular formula is C20H19IN2O3S. The summed E-state index contributed by atoms with van der Waals surface area (Å²) in [6.45, 7) is 5.97. The highest BCUT2D eigenvalue weighted by molar-refractivity contribution is 14.1. The maximum Gasteiger partial charge on any atom is 0.264 e. The molecule has 7 heteroatoms. The number of ether oxygens (including phenoxy) is 1. The quantitative estimate of drug-likeness (QED) is 0.359. The fourth-order valence-corrected chi connectivity index (χ4v) is 4.71. The molecule has 2 aromatic carbocycles. The first-order chi connectivity index (χ1) is 12.9. The van der Waals surface area contributed by atoms with E-state index in [1.165, 1.54) is 12.3 Å². The summed E-state index contributed by atoms with van der Waals surface area (Å²) < 4.78 is 33.4. The maximum atomic E-state index is 13.1. The molecular weight excluding hydrogens is 475 g/mol. The largest absolute Gasteiger partial charge is 0.471 e. The van der Waals surface area contributed by atoms with Crippen LogP contribution in [0.3, 0.4) is 0 Å². The topological polar surface area (TPSA) is 61.2 Å². The van der Waals surface area contributed by atoms with Crippen LogP contribution < -0.4 is 4.74 Å². The van der Waals surface area contributed by atoms with Crippen molar-refractivity contribution in [3.8, 4) is 5.88 Å². The Morgan fingerprint density at radius 1 is 1.19 bits per heavy atom. The number of rotatable bonds is 7. The molecule has 0 bridgehead atoms. The van der Waals surface area contributed by atoms with E-state index >= 15 is 0 Å². The molecule has 1 aromatic heterocycles. The fourth-order valence-electron chi connectivity index (χ4n) is 2.57. The molecule has 3 aromatic rings. The van der Waals surface area contributed by atoms with Crippen LogP contribution in [0.2, 0.25) is 0 Å². The van der Waals surface area contributed by atoms with Crippen LogP contribution in [0, 0.1) is 10.5 Å². The minimum atomic E-state index is -3.80. The summed E-state index contributed by atoms with van der Waals surface area (Å²) in [6.07, 6.45) is 2.87. The number of aromatic nitrogens is 2. The lowest BCUT2D eigenvalue weighted by atomic mass is 10.1. The minimum absolute atomic E-state index is 0.287. The molecule has 0 N–H and O–H groups in total. The molecule has 1 unspecified atom stereocenters. The molecule has 0 aliphatic carbocycles. The number of benzene rings is 2. The van der Waals surface area contributed by atoms with Crippen LogP contribution in [0.25, 0.3) is 0 Å². The van der Waals surface area contributed by atoms with Crippen LogP contribution >= 0.6 is 22.6 Å². The van der Waals surface area contributed by atoms with Crippen LogP contribution in [0.5, 0.6) is 5.88 Å². The van der Waals surface area contributed by atoms with Crippen molar-refractivity contribution in [2.45, 2.75) is 18.8 Å². The van der Waals surface area contributed by atoms with Gasteiger partial charge in [0.25, 0.3) is 10.0 Å². The van der Waals surface area contributed by atoms with Crippen molar-refractivity contribution in [1.82, 2.24) is 9.19 Å². The van der Waals surface area contributed by atoms with E-state index in [1.54, 1.807) is 12.1 Å². The second kappa shape index (κ2) is 8.26. The zero-order valence-electron chi connectivity index (χ0n) is 14.7. The second-order valence-electron chi connectivity index (χ2n) is 6.04. The lowest BCUT2D eigenvalue weighted by Gasteiger charge is -2.14. The molecule has 0 saturated carbocycles. The molecule has 0 radical (unpaired) electrons. The standard InChI is InChI=1S/C20H19IN2O3S/c1-3-19(17-11-9-15(2)10-12-17)27(24,25)23-13-18(21)20(22-23)26-14-16-7-5-4-6-8-16/h3-13,19H,1,14H2,2H3. The number of hydrogen-bond donors (Lipinski definition) is 0. The average molecular weight is 494 g/mol. The van der Waals surface area contributed by atoms with Crippen molar-refractivity contribution in [1.29, 1.82) is 0 Å². The SMILES string of the molecule is C=CC(c1ccc(C)cc1)S(=O)(=O)n1cc(I)c(OCc2ccccc2)n1. The molecule has 0 fully saturated rings. The van der Waals surface area contributed by atoms with Gasteiger partial charge < -0.3 is 4.74 Å². The Labute approximate surface area is 172 Å². The Hall–Kier alpha value is -2.13. The third-order valence-electron chi connectivity index (χ3n) is 4.04. The van der Waals surface area contributed by atoms with Gasteiger partial charge in [-0.2, -0.15) is 4.09 Å². The van der Waals surface area contributed by atoms with E-state index in [9.17, 15) is 8.42 Å². The molecule has 5 nitrogen and oxygen atoms in total. The zero-order chi connectivity index (χ0) is 19.4. The summed E-state index contributed by atoms with van der Waals surface area (Å²) in [5.41, 5.74) is 2.69. The van der Waals surface area contributed by atoms with Crippen LogP contribution in [-0.4, -0.2) is 17.6 Å². The lowest BCUT2D eigenvalue weighted by molar-refractivity contribution is 0.290. The third kappa shape index (κ3) is 4.41. The van der Waals surface area contributed by atoms with Crippen molar-refractivity contribution in [2.75, 3.05) is 0 Å². The number of halogens is 1. The van der Waals surface area contributed by atoms with Gasteiger partial charge in [-0.1, -0.05) is 66.2 Å². The van der Waals surface area contributed by atoms with Crippen molar-refractivity contribution in [3.05, 3.63) is 93.7 Å². The monoisotopic (exact) mass is 494 g/mol. The molecule has 27 heavy (non-hydrogen) atoms. The van der Waals surface area contributed by atoms with Crippen molar-refractivity contribution < 1.29 is 13.2 Å². The van der Waals surface area contributed by atoms with E-state index < -0.39 is 15.3 Å². The predicted octanol–water partition coefficient (Wildman–Crippen LogP) is 4.48. The van der Waals surface area contributed by atoms with E-state index in [1.807, 2.05) is 72.0 Å². The van der Waals surface area contributed by atoms with Crippen LogP contribution in [0.1, 0.15) is 21.9 Å². The Morgan fingerprint density at radius 3 is 2.48 bits per heavy atom. The molecule has 1 atom stereocenters. The summed E-state index contributed by atoms with van der Waals surface area (Å²) in [4.78, 5) is 0. The first kappa shape index (κ1) is 19.6. The minimum Gasteiger partial charge on any atom is -0.471 e. The fraction of sp³-hybridized carbons (Fsp3) is 0.150. The van der Waals surface area contributed by atoms with Gasteiger partial charge in [0.15, 0.2) is 0 Å². The van der Waals surface area contributed by atoms with Gasteiger partial charge in [-0.05, 0) is 40.6 Å². The van der Waals surface area contributed by atoms with Gasteiger partial charge in [0, 0.05) is 0 Å². The number of hydrogen-bond acceptors (Lipinski definition) is 4. The second-order valence-corrected chi connectivity index (χ2v) is 9.12. The molecule has 0 aliphatic heterocycles. The molecule has 0 aliphatic rings. The van der Waals surface area contributed by atoms with E-state index in [2.05, 4.69) is 11.7 Å². The molecule has 0 amide bonds. The van der Waals surface area contributed by atoms with Crippen molar-refractivity contribution in [2.24, 2.45) is 0 Å². The van der Waals surface area contributed by atoms with E-state index in [0.29, 0.717) is 15.7 Å². The van der Waals surface area contributed by atoms with Gasteiger partial charge in [-0.15, -0.1) is 11.7 Å². The molecule has 1 heterocycles. The third-order valence-corrected chi connectivity index (χ3v) is 6.59. The van der Waals surface area contributed by atoms with Crippen molar-refractivity contribution in [3.63, 3.8) is 0 Å². The van der Waals surface area contributed by atoms with Gasteiger partial charge in [0.05, 0.1) is 9.77 Å². The van der Waals surface area contributed by atoms with E-state index in [-0.39, 0.29) is 5.88 Å². The summed E-state index contributed by atoms with van der Waals surface area (Å²) in [5, 5.41) is 3.27. The van der Waals surface area contributed by atoms with Crippen LogP contribution in [-0.2, 0) is 16.6 Å². The van der Waals surface area contributed by atoms with Crippen molar-refractivity contribution >= 4 is 32.6 Å². The highest BCUT2D eigenvalue weighted by Crippen LogP contribution is 2.28. The highest BCUT2D eigenvalue weighted by Gasteiger charge is 2.28. The molecule has 0 spiro atoms. The van der Waals surface area contributed by atoms with E-state index in [0.717, 1.165) is 15.2 Å². The molecule has 3 rings (SSSR count). The van der Waals surface area contributed by atoms with Gasteiger partial charge in [-0.3, -0.25) is 0 Å². The molecule has 0 saturated heterocycles. The Bertz CT molecular complexity index is 1030. The Kier molecular flexibility index (Phi) is 6.01. The average Bonchev–Trinajstić information content (AvgIpc) is 3.04. The smallest absolute Gasteiger partial charge is 0.264 e. The molecule has 140 valence electrons. The van der Waals surface area contributed by atoms with Crippen LogP contribution in [0.4, 0.5) is 0 Å². The Morgan fingerprint density at radius 2 is 1.85 bits per heavy atom.